The van der Waals surface area contributed by atoms with Crippen LogP contribution < -0.4 is 0 Å². The van der Waals surface area contributed by atoms with E-state index in [-0.39, 0.29) is 16.6 Å². The van der Waals surface area contributed by atoms with Gasteiger partial charge in [-0.2, -0.15) is 13.2 Å². The first kappa shape index (κ1) is 18.7. The Labute approximate surface area is 154 Å². The number of alkyl halides is 3. The molecule has 1 amide bonds. The lowest BCUT2D eigenvalue weighted by Gasteiger charge is -2.32. The monoisotopic (exact) mass is 383 g/mol. The minimum absolute atomic E-state index is 0.0591. The van der Waals surface area contributed by atoms with E-state index in [1.165, 1.54) is 0 Å². The molecule has 0 radical (unpaired) electrons. The minimum Gasteiger partial charge on any atom is -0.336 e. The van der Waals surface area contributed by atoms with Gasteiger partial charge < -0.3 is 9.80 Å². The summed E-state index contributed by atoms with van der Waals surface area (Å²) >= 11 is 5.97. The highest BCUT2D eigenvalue weighted by atomic mass is 35.5. The predicted octanol–water partition coefficient (Wildman–Crippen LogP) is 3.81. The van der Waals surface area contributed by atoms with Gasteiger partial charge in [0.05, 0.1) is 16.3 Å². The zero-order valence-corrected chi connectivity index (χ0v) is 14.8. The van der Waals surface area contributed by atoms with Crippen molar-refractivity contribution < 1.29 is 18.0 Å². The molecule has 0 N–H and O–H groups in total. The number of amides is 1. The minimum atomic E-state index is -4.49. The van der Waals surface area contributed by atoms with Crippen molar-refractivity contribution in [3.05, 3.63) is 52.7 Å². The number of halogens is 4. The van der Waals surface area contributed by atoms with Crippen molar-refractivity contribution in [3.8, 4) is 11.3 Å². The fourth-order valence-corrected chi connectivity index (χ4v) is 3.04. The van der Waals surface area contributed by atoms with Crippen LogP contribution in [0.15, 0.2) is 36.5 Å². The molecule has 1 aromatic heterocycles. The molecular weight excluding hydrogens is 367 g/mol. The van der Waals surface area contributed by atoms with Crippen molar-refractivity contribution in [2.75, 3.05) is 33.2 Å². The van der Waals surface area contributed by atoms with Gasteiger partial charge in [-0.15, -0.1) is 0 Å². The molecule has 26 heavy (non-hydrogen) atoms. The van der Waals surface area contributed by atoms with Crippen LogP contribution >= 0.6 is 11.6 Å². The first-order valence-corrected chi connectivity index (χ1v) is 8.44. The fraction of sp³-hybridized carbons (Fsp3) is 0.333. The molecule has 8 heteroatoms. The third-order valence-corrected chi connectivity index (χ3v) is 4.65. The van der Waals surface area contributed by atoms with Crippen molar-refractivity contribution in [1.82, 2.24) is 14.8 Å². The first-order chi connectivity index (χ1) is 12.3. The van der Waals surface area contributed by atoms with Crippen LogP contribution in [0.1, 0.15) is 15.9 Å². The van der Waals surface area contributed by atoms with Gasteiger partial charge in [0.1, 0.15) is 0 Å². The maximum Gasteiger partial charge on any atom is 0.417 e. The molecule has 1 aliphatic rings. The van der Waals surface area contributed by atoms with E-state index in [0.717, 1.165) is 25.4 Å². The van der Waals surface area contributed by atoms with Crippen LogP contribution in [-0.2, 0) is 6.18 Å². The molecule has 2 aromatic rings. The Balaban J connectivity index is 1.78. The number of pyridine rings is 1. The molecule has 2 heterocycles. The second-order valence-electron chi connectivity index (χ2n) is 6.23. The average molecular weight is 384 g/mol. The number of hydrogen-bond donors (Lipinski definition) is 0. The second-order valence-corrected chi connectivity index (χ2v) is 6.63. The standard InChI is InChI=1S/C18H17ClF3N3O/c1-24-6-8-25(9-7-24)17(26)13-4-2-12(3-5-13)16-15(19)10-14(11-23-16)18(20,21)22/h2-5,10-11H,6-9H2,1H3. The van der Waals surface area contributed by atoms with Gasteiger partial charge in [0.15, 0.2) is 0 Å². The summed E-state index contributed by atoms with van der Waals surface area (Å²) in [6.07, 6.45) is -3.74. The van der Waals surface area contributed by atoms with Gasteiger partial charge >= 0.3 is 6.18 Å². The van der Waals surface area contributed by atoms with Crippen molar-refractivity contribution in [1.29, 1.82) is 0 Å². The van der Waals surface area contributed by atoms with E-state index < -0.39 is 11.7 Å². The Hall–Kier alpha value is -2.12. The van der Waals surface area contributed by atoms with Crippen LogP contribution in [0.25, 0.3) is 11.3 Å². The second kappa shape index (κ2) is 7.25. The third kappa shape index (κ3) is 3.99. The Bertz CT molecular complexity index is 800. The molecule has 1 aromatic carbocycles. The normalized spacial score (nSPS) is 16.0. The highest BCUT2D eigenvalue weighted by molar-refractivity contribution is 6.33. The van der Waals surface area contributed by atoms with E-state index in [1.807, 2.05) is 7.05 Å². The van der Waals surface area contributed by atoms with E-state index in [1.54, 1.807) is 29.2 Å². The summed E-state index contributed by atoms with van der Waals surface area (Å²) in [4.78, 5) is 20.3. The smallest absolute Gasteiger partial charge is 0.336 e. The summed E-state index contributed by atoms with van der Waals surface area (Å²) in [5.74, 6) is -0.0591. The zero-order valence-electron chi connectivity index (χ0n) is 14.1. The Morgan fingerprint density at radius 3 is 2.27 bits per heavy atom. The first-order valence-electron chi connectivity index (χ1n) is 8.06. The Kier molecular flexibility index (Phi) is 5.20. The van der Waals surface area contributed by atoms with Crippen LogP contribution in [0, 0.1) is 0 Å². The largest absolute Gasteiger partial charge is 0.417 e. The number of benzene rings is 1. The fourth-order valence-electron chi connectivity index (χ4n) is 2.77. The molecule has 0 aliphatic carbocycles. The van der Waals surface area contributed by atoms with Crippen molar-refractivity contribution in [3.63, 3.8) is 0 Å². The van der Waals surface area contributed by atoms with E-state index in [0.29, 0.717) is 24.2 Å². The van der Waals surface area contributed by atoms with Crippen LogP contribution in [-0.4, -0.2) is 53.9 Å². The van der Waals surface area contributed by atoms with Crippen molar-refractivity contribution >= 4 is 17.5 Å². The molecule has 4 nitrogen and oxygen atoms in total. The number of rotatable bonds is 2. The number of carbonyl (C=O) groups is 1. The third-order valence-electron chi connectivity index (χ3n) is 4.36. The Morgan fingerprint density at radius 1 is 1.12 bits per heavy atom. The maximum absolute atomic E-state index is 12.7. The Morgan fingerprint density at radius 2 is 1.73 bits per heavy atom. The molecule has 0 saturated carbocycles. The zero-order chi connectivity index (χ0) is 18.9. The molecule has 0 atom stereocenters. The van der Waals surface area contributed by atoms with Crippen LogP contribution in [0.3, 0.4) is 0 Å². The van der Waals surface area contributed by atoms with Gasteiger partial charge in [0.2, 0.25) is 0 Å². The molecule has 138 valence electrons. The molecule has 1 aliphatic heterocycles. The number of aromatic nitrogens is 1. The topological polar surface area (TPSA) is 36.4 Å². The quantitative estimate of drug-likeness (QED) is 0.791. The summed E-state index contributed by atoms with van der Waals surface area (Å²) in [5, 5.41) is -0.0852. The molecule has 0 bridgehead atoms. The summed E-state index contributed by atoms with van der Waals surface area (Å²) in [5.41, 5.74) is 0.436. The number of likely N-dealkylation sites (N-methyl/N-ethyl adjacent to an activating group) is 1. The summed E-state index contributed by atoms with van der Waals surface area (Å²) < 4.78 is 38.1. The van der Waals surface area contributed by atoms with Gasteiger partial charge in [0.25, 0.3) is 5.91 Å². The molecule has 1 fully saturated rings. The number of nitrogens with zero attached hydrogens (tertiary/aromatic N) is 3. The molecule has 1 saturated heterocycles. The SMILES string of the molecule is CN1CCN(C(=O)c2ccc(-c3ncc(C(F)(F)F)cc3Cl)cc2)CC1. The maximum atomic E-state index is 12.7. The van der Waals surface area contributed by atoms with E-state index in [4.69, 9.17) is 11.6 Å². The van der Waals surface area contributed by atoms with Gasteiger partial charge in [0, 0.05) is 43.5 Å². The van der Waals surface area contributed by atoms with Crippen LogP contribution in [0.4, 0.5) is 13.2 Å². The van der Waals surface area contributed by atoms with E-state index in [9.17, 15) is 18.0 Å². The van der Waals surface area contributed by atoms with Gasteiger partial charge in [-0.05, 0) is 25.2 Å². The van der Waals surface area contributed by atoms with Crippen LogP contribution in [0.5, 0.6) is 0 Å². The lowest BCUT2D eigenvalue weighted by atomic mass is 10.1. The molecule has 0 spiro atoms. The summed E-state index contributed by atoms with van der Waals surface area (Å²) in [6.45, 7) is 3.00. The lowest BCUT2D eigenvalue weighted by molar-refractivity contribution is -0.137. The summed E-state index contributed by atoms with van der Waals surface area (Å²) in [7, 11) is 2.01. The van der Waals surface area contributed by atoms with E-state index in [2.05, 4.69) is 9.88 Å². The number of piperazine rings is 1. The average Bonchev–Trinajstić information content (AvgIpc) is 2.61. The molecule has 3 rings (SSSR count). The van der Waals surface area contributed by atoms with E-state index >= 15 is 0 Å². The van der Waals surface area contributed by atoms with Crippen molar-refractivity contribution in [2.45, 2.75) is 6.18 Å². The molecular formula is C18H17ClF3N3O. The molecule has 0 unspecified atom stereocenters. The van der Waals surface area contributed by atoms with Gasteiger partial charge in [-0.1, -0.05) is 23.7 Å². The highest BCUT2D eigenvalue weighted by Crippen LogP contribution is 2.34. The van der Waals surface area contributed by atoms with Crippen molar-refractivity contribution in [2.24, 2.45) is 0 Å². The predicted molar refractivity (Wildman–Crippen MR) is 93.1 cm³/mol. The number of hydrogen-bond acceptors (Lipinski definition) is 3. The number of carbonyl (C=O) groups excluding carboxylic acids is 1. The van der Waals surface area contributed by atoms with Gasteiger partial charge in [-0.3, -0.25) is 9.78 Å². The van der Waals surface area contributed by atoms with Gasteiger partial charge in [-0.25, -0.2) is 0 Å². The van der Waals surface area contributed by atoms with Crippen LogP contribution in [0.2, 0.25) is 5.02 Å². The highest BCUT2D eigenvalue weighted by Gasteiger charge is 2.31. The lowest BCUT2D eigenvalue weighted by Crippen LogP contribution is -2.47. The summed E-state index contributed by atoms with van der Waals surface area (Å²) in [6, 6.07) is 7.43.